The smallest absolute Gasteiger partial charge is 0.170 e. The molecule has 20 heavy (non-hydrogen) atoms. The average molecular weight is 273 g/mol. The summed E-state index contributed by atoms with van der Waals surface area (Å²) >= 11 is 0. The van der Waals surface area contributed by atoms with Crippen LogP contribution in [0.25, 0.3) is 0 Å². The van der Waals surface area contributed by atoms with Crippen LogP contribution >= 0.6 is 0 Å². The highest BCUT2D eigenvalue weighted by Crippen LogP contribution is 2.32. The van der Waals surface area contributed by atoms with Crippen LogP contribution in [-0.4, -0.2) is 37.4 Å². The van der Waals surface area contributed by atoms with Gasteiger partial charge in [0.05, 0.1) is 12.7 Å². The monoisotopic (exact) mass is 273 g/mol. The number of Topliss-reactive ketones (excluding diaryl/α,β-unsaturated/α-hetero) is 1. The van der Waals surface area contributed by atoms with E-state index in [4.69, 9.17) is 4.74 Å². The highest BCUT2D eigenvalue weighted by atomic mass is 16.5. The lowest BCUT2D eigenvalue weighted by molar-refractivity contribution is 0.0811. The van der Waals surface area contributed by atoms with Crippen LogP contribution in [0.5, 0.6) is 5.75 Å². The molecule has 0 spiro atoms. The minimum Gasteiger partial charge on any atom is -0.496 e. The topological polar surface area (TPSA) is 29.5 Å². The molecule has 0 radical (unpaired) electrons. The summed E-state index contributed by atoms with van der Waals surface area (Å²) in [5.74, 6) is 1.99. The maximum absolute atomic E-state index is 12.7. The van der Waals surface area contributed by atoms with Crippen molar-refractivity contribution in [1.82, 2.24) is 4.90 Å². The SMILES string of the molecule is COc1ccccc1C(=O)[C@@H]1CCCN(CC2CC2)C1. The number of nitrogens with zero attached hydrogens (tertiary/aromatic N) is 1. The molecule has 3 nitrogen and oxygen atoms in total. The molecule has 2 aliphatic rings. The third-order valence-corrected chi connectivity index (χ3v) is 4.46. The summed E-state index contributed by atoms with van der Waals surface area (Å²) in [6.45, 7) is 3.27. The molecule has 0 unspecified atom stereocenters. The number of likely N-dealkylation sites (tertiary alicyclic amines) is 1. The molecule has 1 aromatic rings. The molecule has 0 aromatic heterocycles. The Kier molecular flexibility index (Phi) is 4.06. The van der Waals surface area contributed by atoms with Crippen LogP contribution in [0.3, 0.4) is 0 Å². The third kappa shape index (κ3) is 3.04. The van der Waals surface area contributed by atoms with Gasteiger partial charge >= 0.3 is 0 Å². The normalized spacial score (nSPS) is 23.6. The van der Waals surface area contributed by atoms with E-state index < -0.39 is 0 Å². The Labute approximate surface area is 120 Å². The Morgan fingerprint density at radius 2 is 2.10 bits per heavy atom. The molecule has 1 saturated heterocycles. The number of ether oxygens (including phenoxy) is 1. The van der Waals surface area contributed by atoms with Gasteiger partial charge in [-0.2, -0.15) is 0 Å². The molecule has 1 aliphatic carbocycles. The third-order valence-electron chi connectivity index (χ3n) is 4.46. The predicted octanol–water partition coefficient (Wildman–Crippen LogP) is 3.00. The number of benzene rings is 1. The number of carbonyl (C=O) groups is 1. The molecule has 3 rings (SSSR count). The van der Waals surface area contributed by atoms with Crippen LogP contribution in [0.2, 0.25) is 0 Å². The zero-order chi connectivity index (χ0) is 13.9. The van der Waals surface area contributed by atoms with Gasteiger partial charge in [0.1, 0.15) is 5.75 Å². The van der Waals surface area contributed by atoms with Gasteiger partial charge < -0.3 is 9.64 Å². The van der Waals surface area contributed by atoms with Crippen LogP contribution < -0.4 is 4.74 Å². The fourth-order valence-electron chi connectivity index (χ4n) is 3.17. The number of piperidine rings is 1. The van der Waals surface area contributed by atoms with Crippen LogP contribution in [0.15, 0.2) is 24.3 Å². The van der Waals surface area contributed by atoms with E-state index in [0.717, 1.165) is 37.4 Å². The van der Waals surface area contributed by atoms with E-state index in [1.807, 2.05) is 24.3 Å². The summed E-state index contributed by atoms with van der Waals surface area (Å²) in [4.78, 5) is 15.2. The molecule has 2 fully saturated rings. The Morgan fingerprint density at radius 1 is 1.30 bits per heavy atom. The molecule has 1 heterocycles. The molecular weight excluding hydrogens is 250 g/mol. The highest BCUT2D eigenvalue weighted by Gasteiger charge is 2.31. The van der Waals surface area contributed by atoms with E-state index >= 15 is 0 Å². The van der Waals surface area contributed by atoms with Crippen molar-refractivity contribution in [2.75, 3.05) is 26.7 Å². The second kappa shape index (κ2) is 5.96. The van der Waals surface area contributed by atoms with E-state index in [-0.39, 0.29) is 11.7 Å². The number of para-hydroxylation sites is 1. The van der Waals surface area contributed by atoms with Gasteiger partial charge in [-0.1, -0.05) is 12.1 Å². The van der Waals surface area contributed by atoms with Crippen molar-refractivity contribution in [2.24, 2.45) is 11.8 Å². The molecular formula is C17H23NO2. The first-order valence-corrected chi connectivity index (χ1v) is 7.67. The minimum absolute atomic E-state index is 0.138. The molecule has 1 atom stereocenters. The lowest BCUT2D eigenvalue weighted by atomic mass is 9.89. The van der Waals surface area contributed by atoms with Crippen LogP contribution in [0.1, 0.15) is 36.0 Å². The fraction of sp³-hybridized carbons (Fsp3) is 0.588. The summed E-state index contributed by atoms with van der Waals surface area (Å²) in [6, 6.07) is 7.59. The Balaban J connectivity index is 1.69. The van der Waals surface area contributed by atoms with E-state index in [2.05, 4.69) is 4.90 Å². The number of hydrogen-bond donors (Lipinski definition) is 0. The van der Waals surface area contributed by atoms with Gasteiger partial charge in [-0.3, -0.25) is 4.79 Å². The van der Waals surface area contributed by atoms with Crippen molar-refractivity contribution in [3.05, 3.63) is 29.8 Å². The first-order valence-electron chi connectivity index (χ1n) is 7.67. The predicted molar refractivity (Wildman–Crippen MR) is 79.2 cm³/mol. The van der Waals surface area contributed by atoms with Crippen LogP contribution in [-0.2, 0) is 0 Å². The highest BCUT2D eigenvalue weighted by molar-refractivity contribution is 6.00. The lowest BCUT2D eigenvalue weighted by Gasteiger charge is -2.32. The average Bonchev–Trinajstić information content (AvgIpc) is 3.30. The van der Waals surface area contributed by atoms with E-state index in [9.17, 15) is 4.79 Å². The van der Waals surface area contributed by atoms with Crippen molar-refractivity contribution in [3.63, 3.8) is 0 Å². The van der Waals surface area contributed by atoms with Crippen molar-refractivity contribution in [3.8, 4) is 5.75 Å². The van der Waals surface area contributed by atoms with Gasteiger partial charge in [-0.15, -0.1) is 0 Å². The van der Waals surface area contributed by atoms with Gasteiger partial charge in [0, 0.05) is 19.0 Å². The first-order chi connectivity index (χ1) is 9.78. The fourth-order valence-corrected chi connectivity index (χ4v) is 3.17. The number of methoxy groups -OCH3 is 1. The largest absolute Gasteiger partial charge is 0.496 e. The maximum Gasteiger partial charge on any atom is 0.170 e. The van der Waals surface area contributed by atoms with Gasteiger partial charge in [0.2, 0.25) is 0 Å². The summed E-state index contributed by atoms with van der Waals surface area (Å²) in [7, 11) is 1.63. The number of rotatable bonds is 5. The number of hydrogen-bond acceptors (Lipinski definition) is 3. The lowest BCUT2D eigenvalue weighted by Crippen LogP contribution is -2.39. The summed E-state index contributed by atoms with van der Waals surface area (Å²) in [5, 5.41) is 0. The maximum atomic E-state index is 12.7. The van der Waals surface area contributed by atoms with Gasteiger partial charge in [0.25, 0.3) is 0 Å². The minimum atomic E-state index is 0.138. The molecule has 3 heteroatoms. The molecule has 1 aliphatic heterocycles. The second-order valence-corrected chi connectivity index (χ2v) is 6.11. The molecule has 0 N–H and O–H groups in total. The van der Waals surface area contributed by atoms with Gasteiger partial charge in [-0.25, -0.2) is 0 Å². The first kappa shape index (κ1) is 13.6. The Hall–Kier alpha value is -1.35. The number of ketones is 1. The van der Waals surface area contributed by atoms with Gasteiger partial charge in [-0.05, 0) is 50.3 Å². The van der Waals surface area contributed by atoms with E-state index in [1.165, 1.54) is 19.4 Å². The van der Waals surface area contributed by atoms with E-state index in [1.54, 1.807) is 7.11 Å². The quantitative estimate of drug-likeness (QED) is 0.772. The molecule has 108 valence electrons. The Bertz CT molecular complexity index is 482. The standard InChI is InChI=1S/C17H23NO2/c1-20-16-7-3-2-6-15(16)17(19)14-5-4-10-18(12-14)11-13-8-9-13/h2-3,6-7,13-14H,4-5,8-12H2,1H3/t14-/m1/s1. The summed E-state index contributed by atoms with van der Waals surface area (Å²) in [5.41, 5.74) is 0.744. The zero-order valence-electron chi connectivity index (χ0n) is 12.2. The zero-order valence-corrected chi connectivity index (χ0v) is 12.2. The summed E-state index contributed by atoms with van der Waals surface area (Å²) < 4.78 is 5.32. The summed E-state index contributed by atoms with van der Waals surface area (Å²) in [6.07, 6.45) is 4.90. The van der Waals surface area contributed by atoms with Crippen molar-refractivity contribution in [2.45, 2.75) is 25.7 Å². The van der Waals surface area contributed by atoms with Gasteiger partial charge in [0.15, 0.2) is 5.78 Å². The molecule has 0 amide bonds. The Morgan fingerprint density at radius 3 is 2.85 bits per heavy atom. The van der Waals surface area contributed by atoms with Crippen molar-refractivity contribution >= 4 is 5.78 Å². The molecule has 0 bridgehead atoms. The van der Waals surface area contributed by atoms with Crippen molar-refractivity contribution < 1.29 is 9.53 Å². The van der Waals surface area contributed by atoms with E-state index in [0.29, 0.717) is 5.75 Å². The van der Waals surface area contributed by atoms with Crippen LogP contribution in [0.4, 0.5) is 0 Å². The second-order valence-electron chi connectivity index (χ2n) is 6.11. The molecule has 1 aromatic carbocycles. The van der Waals surface area contributed by atoms with Crippen LogP contribution in [0, 0.1) is 11.8 Å². The van der Waals surface area contributed by atoms with Crippen molar-refractivity contribution in [1.29, 1.82) is 0 Å². The molecule has 1 saturated carbocycles. The number of carbonyl (C=O) groups excluding carboxylic acids is 1.